The number of rotatable bonds is 4. The average Bonchev–Trinajstić information content (AvgIpc) is 2.33. The highest BCUT2D eigenvalue weighted by molar-refractivity contribution is 5.14. The van der Waals surface area contributed by atoms with Crippen molar-refractivity contribution in [1.82, 2.24) is 5.32 Å². The summed E-state index contributed by atoms with van der Waals surface area (Å²) in [5.74, 6) is -0.197. The van der Waals surface area contributed by atoms with Crippen LogP contribution in [0.15, 0.2) is 24.3 Å². The third kappa shape index (κ3) is 3.58. The standard InChI is InChI=1S/C13H18FNO/c14-12-6-4-11(5-7-12)9-16-10-13-3-1-2-8-15-13/h4-7,13,15H,1-3,8-10H2. The molecule has 2 nitrogen and oxygen atoms in total. The fraction of sp³-hybridized carbons (Fsp3) is 0.538. The predicted octanol–water partition coefficient (Wildman–Crippen LogP) is 2.48. The monoisotopic (exact) mass is 223 g/mol. The minimum absolute atomic E-state index is 0.197. The van der Waals surface area contributed by atoms with Gasteiger partial charge in [0.1, 0.15) is 5.82 Å². The molecule has 0 saturated carbocycles. The number of halogens is 1. The Morgan fingerprint density at radius 2 is 2.06 bits per heavy atom. The van der Waals surface area contributed by atoms with Gasteiger partial charge in [0.15, 0.2) is 0 Å². The summed E-state index contributed by atoms with van der Waals surface area (Å²) in [5, 5.41) is 3.43. The van der Waals surface area contributed by atoms with Gasteiger partial charge < -0.3 is 10.1 Å². The summed E-state index contributed by atoms with van der Waals surface area (Å²) in [6.45, 7) is 2.42. The van der Waals surface area contributed by atoms with Gasteiger partial charge in [-0.2, -0.15) is 0 Å². The molecule has 3 heteroatoms. The van der Waals surface area contributed by atoms with Crippen LogP contribution in [-0.2, 0) is 11.3 Å². The van der Waals surface area contributed by atoms with Crippen molar-refractivity contribution >= 4 is 0 Å². The van der Waals surface area contributed by atoms with Gasteiger partial charge >= 0.3 is 0 Å². The van der Waals surface area contributed by atoms with Gasteiger partial charge in [-0.05, 0) is 37.1 Å². The van der Waals surface area contributed by atoms with Gasteiger partial charge in [0, 0.05) is 6.04 Å². The lowest BCUT2D eigenvalue weighted by Gasteiger charge is -2.23. The van der Waals surface area contributed by atoms with E-state index < -0.39 is 0 Å². The lowest BCUT2D eigenvalue weighted by Crippen LogP contribution is -2.37. The van der Waals surface area contributed by atoms with Crippen molar-refractivity contribution in [2.45, 2.75) is 31.9 Å². The molecule has 1 aromatic carbocycles. The van der Waals surface area contributed by atoms with E-state index in [-0.39, 0.29) is 5.82 Å². The van der Waals surface area contributed by atoms with Gasteiger partial charge in [0.2, 0.25) is 0 Å². The van der Waals surface area contributed by atoms with Crippen molar-refractivity contribution in [3.63, 3.8) is 0 Å². The van der Waals surface area contributed by atoms with E-state index in [1.807, 2.05) is 0 Å². The maximum atomic E-state index is 12.6. The third-order valence-corrected chi connectivity index (χ3v) is 2.91. The van der Waals surface area contributed by atoms with E-state index in [9.17, 15) is 4.39 Å². The first-order valence-corrected chi connectivity index (χ1v) is 5.90. The maximum Gasteiger partial charge on any atom is 0.123 e. The minimum Gasteiger partial charge on any atom is -0.375 e. The van der Waals surface area contributed by atoms with Crippen molar-refractivity contribution in [3.8, 4) is 0 Å². The van der Waals surface area contributed by atoms with Crippen molar-refractivity contribution in [3.05, 3.63) is 35.6 Å². The lowest BCUT2D eigenvalue weighted by atomic mass is 10.1. The van der Waals surface area contributed by atoms with Gasteiger partial charge in [0.25, 0.3) is 0 Å². The van der Waals surface area contributed by atoms with Gasteiger partial charge in [-0.1, -0.05) is 18.6 Å². The van der Waals surface area contributed by atoms with Gasteiger partial charge in [-0.3, -0.25) is 0 Å². The molecular formula is C13H18FNO. The summed E-state index contributed by atoms with van der Waals surface area (Å²) in [5.41, 5.74) is 1.03. The van der Waals surface area contributed by atoms with Crippen LogP contribution < -0.4 is 5.32 Å². The molecule has 88 valence electrons. The Kier molecular flexibility index (Phi) is 4.31. The van der Waals surface area contributed by atoms with Crippen molar-refractivity contribution in [1.29, 1.82) is 0 Å². The highest BCUT2D eigenvalue weighted by atomic mass is 19.1. The second-order valence-electron chi connectivity index (χ2n) is 4.29. The molecule has 2 rings (SSSR count). The molecule has 1 saturated heterocycles. The molecular weight excluding hydrogens is 205 g/mol. The number of ether oxygens (including phenoxy) is 1. The van der Waals surface area contributed by atoms with Crippen LogP contribution in [0.2, 0.25) is 0 Å². The van der Waals surface area contributed by atoms with Crippen LogP contribution in [0.3, 0.4) is 0 Å². The molecule has 0 radical (unpaired) electrons. The summed E-state index contributed by atoms with van der Waals surface area (Å²) in [6, 6.07) is 6.97. The first-order valence-electron chi connectivity index (χ1n) is 5.90. The minimum atomic E-state index is -0.197. The highest BCUT2D eigenvalue weighted by Crippen LogP contribution is 2.09. The van der Waals surface area contributed by atoms with E-state index in [0.29, 0.717) is 12.6 Å². The second-order valence-corrected chi connectivity index (χ2v) is 4.29. The first-order chi connectivity index (χ1) is 7.84. The zero-order valence-corrected chi connectivity index (χ0v) is 9.42. The van der Waals surface area contributed by atoms with Crippen molar-refractivity contribution in [2.24, 2.45) is 0 Å². The fourth-order valence-electron chi connectivity index (χ4n) is 1.97. The van der Waals surface area contributed by atoms with E-state index in [2.05, 4.69) is 5.32 Å². The molecule has 1 aromatic rings. The number of hydrogen-bond acceptors (Lipinski definition) is 2. The van der Waals surface area contributed by atoms with Crippen molar-refractivity contribution < 1.29 is 9.13 Å². The molecule has 1 fully saturated rings. The van der Waals surface area contributed by atoms with E-state index in [0.717, 1.165) is 18.7 Å². The van der Waals surface area contributed by atoms with Crippen LogP contribution >= 0.6 is 0 Å². The molecule has 1 N–H and O–H groups in total. The Balaban J connectivity index is 1.69. The Labute approximate surface area is 95.8 Å². The van der Waals surface area contributed by atoms with E-state index >= 15 is 0 Å². The van der Waals surface area contributed by atoms with Crippen LogP contribution in [0.1, 0.15) is 24.8 Å². The third-order valence-electron chi connectivity index (χ3n) is 2.91. The Morgan fingerprint density at radius 1 is 1.25 bits per heavy atom. The fourth-order valence-corrected chi connectivity index (χ4v) is 1.97. The van der Waals surface area contributed by atoms with Gasteiger partial charge in [-0.15, -0.1) is 0 Å². The smallest absolute Gasteiger partial charge is 0.123 e. The van der Waals surface area contributed by atoms with Crippen LogP contribution in [0.5, 0.6) is 0 Å². The lowest BCUT2D eigenvalue weighted by molar-refractivity contribution is 0.0911. The summed E-state index contributed by atoms with van der Waals surface area (Å²) < 4.78 is 18.3. The van der Waals surface area contributed by atoms with Gasteiger partial charge in [-0.25, -0.2) is 4.39 Å². The number of nitrogens with one attached hydrogen (secondary N) is 1. The molecule has 0 aliphatic carbocycles. The van der Waals surface area contributed by atoms with Crippen molar-refractivity contribution in [2.75, 3.05) is 13.2 Å². The number of benzene rings is 1. The molecule has 0 amide bonds. The zero-order chi connectivity index (χ0) is 11.2. The molecule has 1 unspecified atom stereocenters. The molecule has 0 bridgehead atoms. The summed E-state index contributed by atoms with van der Waals surface area (Å²) in [4.78, 5) is 0. The summed E-state index contributed by atoms with van der Waals surface area (Å²) in [7, 11) is 0. The quantitative estimate of drug-likeness (QED) is 0.846. The average molecular weight is 223 g/mol. The van der Waals surface area contributed by atoms with E-state index in [4.69, 9.17) is 4.74 Å². The summed E-state index contributed by atoms with van der Waals surface area (Å²) >= 11 is 0. The zero-order valence-electron chi connectivity index (χ0n) is 9.42. The predicted molar refractivity (Wildman–Crippen MR) is 61.7 cm³/mol. The largest absolute Gasteiger partial charge is 0.375 e. The SMILES string of the molecule is Fc1ccc(COCC2CCCCN2)cc1. The highest BCUT2D eigenvalue weighted by Gasteiger charge is 2.11. The maximum absolute atomic E-state index is 12.6. The molecule has 0 aromatic heterocycles. The van der Waals surface area contributed by atoms with Crippen LogP contribution in [0.4, 0.5) is 4.39 Å². The Bertz CT molecular complexity index is 306. The molecule has 1 aliphatic heterocycles. The molecule has 0 spiro atoms. The number of hydrogen-bond donors (Lipinski definition) is 1. The summed E-state index contributed by atoms with van der Waals surface area (Å²) in [6.07, 6.45) is 3.76. The topological polar surface area (TPSA) is 21.3 Å². The van der Waals surface area contributed by atoms with E-state index in [1.54, 1.807) is 12.1 Å². The second kappa shape index (κ2) is 5.97. The Hall–Kier alpha value is -0.930. The van der Waals surface area contributed by atoms with Gasteiger partial charge in [0.05, 0.1) is 13.2 Å². The molecule has 1 heterocycles. The van der Waals surface area contributed by atoms with Crippen LogP contribution in [-0.4, -0.2) is 19.2 Å². The normalized spacial score (nSPS) is 20.9. The Morgan fingerprint density at radius 3 is 2.75 bits per heavy atom. The van der Waals surface area contributed by atoms with Crippen LogP contribution in [0, 0.1) is 5.82 Å². The van der Waals surface area contributed by atoms with Crippen LogP contribution in [0.25, 0.3) is 0 Å². The number of piperidine rings is 1. The molecule has 1 atom stereocenters. The first kappa shape index (κ1) is 11.6. The molecule has 1 aliphatic rings. The molecule has 16 heavy (non-hydrogen) atoms. The van der Waals surface area contributed by atoms with E-state index in [1.165, 1.54) is 31.4 Å².